The standard InChI is InChI=1S/C11H22N2O4/c1-3-6-12-10(14)16-8-5-9-17-11(15)13-7-4-2/h3-9H2,1-2H3,(H,12,14)(H,13,15). The third-order valence-electron chi connectivity index (χ3n) is 1.79. The van der Waals surface area contributed by atoms with Gasteiger partial charge < -0.3 is 20.1 Å². The molecular weight excluding hydrogens is 224 g/mol. The Morgan fingerprint density at radius 1 is 0.882 bits per heavy atom. The highest BCUT2D eigenvalue weighted by molar-refractivity contribution is 5.67. The summed E-state index contributed by atoms with van der Waals surface area (Å²) in [6, 6.07) is 0. The normalized spacial score (nSPS) is 9.53. The van der Waals surface area contributed by atoms with Gasteiger partial charge in [0.15, 0.2) is 0 Å². The van der Waals surface area contributed by atoms with Gasteiger partial charge in [-0.1, -0.05) is 13.8 Å². The number of carbonyl (C=O) groups excluding carboxylic acids is 2. The van der Waals surface area contributed by atoms with Crippen LogP contribution in [-0.4, -0.2) is 38.5 Å². The fourth-order valence-electron chi connectivity index (χ4n) is 0.945. The molecule has 6 heteroatoms. The molecule has 0 saturated heterocycles. The molecule has 0 saturated carbocycles. The summed E-state index contributed by atoms with van der Waals surface area (Å²) in [7, 11) is 0. The molecule has 0 aliphatic carbocycles. The molecule has 17 heavy (non-hydrogen) atoms. The van der Waals surface area contributed by atoms with Crippen molar-refractivity contribution in [1.29, 1.82) is 0 Å². The fourth-order valence-corrected chi connectivity index (χ4v) is 0.945. The predicted molar refractivity (Wildman–Crippen MR) is 63.9 cm³/mol. The van der Waals surface area contributed by atoms with Gasteiger partial charge in [0, 0.05) is 19.5 Å². The average Bonchev–Trinajstić information content (AvgIpc) is 2.33. The second-order valence-corrected chi connectivity index (χ2v) is 3.48. The molecule has 100 valence electrons. The number of ether oxygens (including phenoxy) is 2. The zero-order chi connectivity index (χ0) is 12.9. The van der Waals surface area contributed by atoms with Gasteiger partial charge in [-0.2, -0.15) is 0 Å². The molecule has 0 fully saturated rings. The molecule has 0 aliphatic heterocycles. The molecule has 0 spiro atoms. The van der Waals surface area contributed by atoms with Crippen molar-refractivity contribution in [2.24, 2.45) is 0 Å². The summed E-state index contributed by atoms with van der Waals surface area (Å²) in [5.74, 6) is 0. The molecular formula is C11H22N2O4. The second-order valence-electron chi connectivity index (χ2n) is 3.48. The molecule has 0 aromatic carbocycles. The minimum absolute atomic E-state index is 0.247. The Bertz CT molecular complexity index is 200. The number of nitrogens with one attached hydrogen (secondary N) is 2. The van der Waals surface area contributed by atoms with E-state index >= 15 is 0 Å². The Morgan fingerprint density at radius 3 is 1.65 bits per heavy atom. The first-order valence-corrected chi connectivity index (χ1v) is 6.02. The van der Waals surface area contributed by atoms with Crippen LogP contribution in [0.15, 0.2) is 0 Å². The second kappa shape index (κ2) is 11.0. The van der Waals surface area contributed by atoms with Gasteiger partial charge in [-0.05, 0) is 12.8 Å². The van der Waals surface area contributed by atoms with E-state index in [2.05, 4.69) is 10.6 Å². The molecule has 2 N–H and O–H groups in total. The average molecular weight is 246 g/mol. The van der Waals surface area contributed by atoms with Crippen LogP contribution < -0.4 is 10.6 Å². The Morgan fingerprint density at radius 2 is 1.29 bits per heavy atom. The number of amides is 2. The van der Waals surface area contributed by atoms with Crippen LogP contribution in [0.3, 0.4) is 0 Å². The van der Waals surface area contributed by atoms with Gasteiger partial charge in [-0.15, -0.1) is 0 Å². The molecule has 0 heterocycles. The van der Waals surface area contributed by atoms with Crippen molar-refractivity contribution in [3.8, 4) is 0 Å². The number of hydrogen-bond donors (Lipinski definition) is 2. The van der Waals surface area contributed by atoms with E-state index in [-0.39, 0.29) is 13.2 Å². The van der Waals surface area contributed by atoms with Crippen molar-refractivity contribution in [3.05, 3.63) is 0 Å². The van der Waals surface area contributed by atoms with Crippen molar-refractivity contribution in [2.75, 3.05) is 26.3 Å². The van der Waals surface area contributed by atoms with E-state index in [0.717, 1.165) is 12.8 Å². The Kier molecular flexibility index (Phi) is 10.1. The van der Waals surface area contributed by atoms with Crippen molar-refractivity contribution in [1.82, 2.24) is 10.6 Å². The van der Waals surface area contributed by atoms with Crippen molar-refractivity contribution >= 4 is 12.2 Å². The van der Waals surface area contributed by atoms with Gasteiger partial charge in [0.1, 0.15) is 0 Å². The maximum Gasteiger partial charge on any atom is 0.407 e. The summed E-state index contributed by atoms with van der Waals surface area (Å²) in [4.78, 5) is 22.0. The van der Waals surface area contributed by atoms with Crippen LogP contribution in [0, 0.1) is 0 Å². The van der Waals surface area contributed by atoms with Gasteiger partial charge in [0.05, 0.1) is 13.2 Å². The third-order valence-corrected chi connectivity index (χ3v) is 1.79. The predicted octanol–water partition coefficient (Wildman–Crippen LogP) is 1.65. The molecule has 2 amide bonds. The lowest BCUT2D eigenvalue weighted by molar-refractivity contribution is 0.118. The van der Waals surface area contributed by atoms with E-state index in [1.807, 2.05) is 13.8 Å². The SMILES string of the molecule is CCCNC(=O)OCCCOC(=O)NCCC. The first kappa shape index (κ1) is 15.5. The van der Waals surface area contributed by atoms with E-state index < -0.39 is 12.2 Å². The number of hydrogen-bond acceptors (Lipinski definition) is 4. The molecule has 0 bridgehead atoms. The van der Waals surface area contributed by atoms with Crippen LogP contribution in [0.1, 0.15) is 33.1 Å². The number of alkyl carbamates (subject to hydrolysis) is 2. The van der Waals surface area contributed by atoms with Crippen LogP contribution in [0.25, 0.3) is 0 Å². The van der Waals surface area contributed by atoms with Crippen molar-refractivity contribution in [3.63, 3.8) is 0 Å². The first-order chi connectivity index (χ1) is 8.20. The highest BCUT2D eigenvalue weighted by Crippen LogP contribution is 1.88. The third kappa shape index (κ3) is 10.8. The van der Waals surface area contributed by atoms with Crippen LogP contribution in [0.2, 0.25) is 0 Å². The van der Waals surface area contributed by atoms with Crippen molar-refractivity contribution in [2.45, 2.75) is 33.1 Å². The zero-order valence-corrected chi connectivity index (χ0v) is 10.6. The van der Waals surface area contributed by atoms with Gasteiger partial charge in [-0.3, -0.25) is 0 Å². The van der Waals surface area contributed by atoms with Crippen LogP contribution in [0.4, 0.5) is 9.59 Å². The Labute approximate surface area is 102 Å². The largest absolute Gasteiger partial charge is 0.449 e. The van der Waals surface area contributed by atoms with Gasteiger partial charge in [-0.25, -0.2) is 9.59 Å². The van der Waals surface area contributed by atoms with Crippen molar-refractivity contribution < 1.29 is 19.1 Å². The summed E-state index contributed by atoms with van der Waals surface area (Å²) in [6.07, 6.45) is 1.38. The summed E-state index contributed by atoms with van der Waals surface area (Å²) in [6.45, 7) is 5.63. The monoisotopic (exact) mass is 246 g/mol. The quantitative estimate of drug-likeness (QED) is 0.638. The van der Waals surface area contributed by atoms with E-state index in [0.29, 0.717) is 19.5 Å². The molecule has 0 aromatic heterocycles. The van der Waals surface area contributed by atoms with Gasteiger partial charge in [0.25, 0.3) is 0 Å². The molecule has 0 rings (SSSR count). The maximum absolute atomic E-state index is 11.0. The molecule has 0 atom stereocenters. The highest BCUT2D eigenvalue weighted by Gasteiger charge is 2.02. The van der Waals surface area contributed by atoms with E-state index in [1.165, 1.54) is 0 Å². The summed E-state index contributed by atoms with van der Waals surface area (Å²) >= 11 is 0. The van der Waals surface area contributed by atoms with E-state index in [4.69, 9.17) is 9.47 Å². The highest BCUT2D eigenvalue weighted by atomic mass is 16.6. The minimum Gasteiger partial charge on any atom is -0.449 e. The fraction of sp³-hybridized carbons (Fsp3) is 0.818. The van der Waals surface area contributed by atoms with Crippen LogP contribution >= 0.6 is 0 Å². The molecule has 0 aliphatic rings. The maximum atomic E-state index is 11.0. The van der Waals surface area contributed by atoms with Gasteiger partial charge >= 0.3 is 12.2 Å². The number of rotatable bonds is 8. The van der Waals surface area contributed by atoms with Crippen LogP contribution in [0.5, 0.6) is 0 Å². The topological polar surface area (TPSA) is 76.7 Å². The molecule has 0 unspecified atom stereocenters. The lowest BCUT2D eigenvalue weighted by atomic mass is 10.5. The number of carbonyl (C=O) groups is 2. The lowest BCUT2D eigenvalue weighted by Gasteiger charge is -2.07. The van der Waals surface area contributed by atoms with E-state index in [1.54, 1.807) is 0 Å². The lowest BCUT2D eigenvalue weighted by Crippen LogP contribution is -2.27. The molecule has 6 nitrogen and oxygen atoms in total. The van der Waals surface area contributed by atoms with Crippen LogP contribution in [-0.2, 0) is 9.47 Å². The smallest absolute Gasteiger partial charge is 0.407 e. The Hall–Kier alpha value is -1.46. The van der Waals surface area contributed by atoms with E-state index in [9.17, 15) is 9.59 Å². The summed E-state index contributed by atoms with van der Waals surface area (Å²) in [5, 5.41) is 5.16. The molecule has 0 radical (unpaired) electrons. The van der Waals surface area contributed by atoms with Gasteiger partial charge in [0.2, 0.25) is 0 Å². The minimum atomic E-state index is -0.428. The summed E-state index contributed by atoms with van der Waals surface area (Å²) < 4.78 is 9.69. The Balaban J connectivity index is 3.28. The zero-order valence-electron chi connectivity index (χ0n) is 10.6. The molecule has 0 aromatic rings. The summed E-state index contributed by atoms with van der Waals surface area (Å²) in [5.41, 5.74) is 0. The first-order valence-electron chi connectivity index (χ1n) is 6.02.